The van der Waals surface area contributed by atoms with Crippen LogP contribution >= 0.6 is 24.0 Å². The Labute approximate surface area is 209 Å². The van der Waals surface area contributed by atoms with E-state index in [2.05, 4.69) is 32.7 Å². The number of carboxylic acid groups (broad SMARTS) is 1. The SMILES string of the molecule is CSc1ncccc1C1C(C(=O)O)=C(C)NC(=S)N1C(=O)NCC(C)N(C)Cc1ccccc1. The van der Waals surface area contributed by atoms with Gasteiger partial charge in [-0.15, -0.1) is 11.8 Å². The fourth-order valence-electron chi connectivity index (χ4n) is 3.81. The van der Waals surface area contributed by atoms with Gasteiger partial charge in [-0.1, -0.05) is 36.4 Å². The maximum atomic E-state index is 13.4. The highest BCUT2D eigenvalue weighted by Crippen LogP contribution is 2.37. The van der Waals surface area contributed by atoms with Crippen LogP contribution in [0.3, 0.4) is 0 Å². The quantitative estimate of drug-likeness (QED) is 0.374. The molecule has 0 bridgehead atoms. The molecule has 2 aromatic rings. The van der Waals surface area contributed by atoms with Gasteiger partial charge in [0.2, 0.25) is 0 Å². The number of nitrogens with one attached hydrogen (secondary N) is 2. The second kappa shape index (κ2) is 11.5. The first-order chi connectivity index (χ1) is 16.2. The number of benzene rings is 1. The summed E-state index contributed by atoms with van der Waals surface area (Å²) >= 11 is 6.87. The average Bonchev–Trinajstić information content (AvgIpc) is 2.82. The van der Waals surface area contributed by atoms with Gasteiger partial charge in [0.05, 0.1) is 5.57 Å². The molecule has 10 heteroatoms. The fraction of sp³-hybridized carbons (Fsp3) is 0.333. The summed E-state index contributed by atoms with van der Waals surface area (Å²) in [6, 6.07) is 12.3. The number of nitrogens with zero attached hydrogens (tertiary/aromatic N) is 3. The van der Waals surface area contributed by atoms with E-state index in [1.165, 1.54) is 22.2 Å². The highest BCUT2D eigenvalue weighted by molar-refractivity contribution is 7.98. The van der Waals surface area contributed by atoms with Crippen LogP contribution in [0.5, 0.6) is 0 Å². The van der Waals surface area contributed by atoms with Crippen molar-refractivity contribution in [1.82, 2.24) is 25.4 Å². The van der Waals surface area contributed by atoms with Gasteiger partial charge in [0, 0.05) is 36.6 Å². The van der Waals surface area contributed by atoms with Crippen LogP contribution in [0, 0.1) is 0 Å². The Balaban J connectivity index is 1.83. The molecule has 34 heavy (non-hydrogen) atoms. The van der Waals surface area contributed by atoms with Crippen LogP contribution in [0.2, 0.25) is 0 Å². The van der Waals surface area contributed by atoms with Gasteiger partial charge in [0.1, 0.15) is 11.1 Å². The fourth-order valence-corrected chi connectivity index (χ4v) is 4.73. The van der Waals surface area contributed by atoms with E-state index in [9.17, 15) is 14.7 Å². The average molecular weight is 500 g/mol. The van der Waals surface area contributed by atoms with E-state index >= 15 is 0 Å². The molecule has 1 aromatic heterocycles. The summed E-state index contributed by atoms with van der Waals surface area (Å²) in [7, 11) is 1.99. The number of pyridine rings is 1. The van der Waals surface area contributed by atoms with Gasteiger partial charge in [-0.05, 0) is 51.0 Å². The zero-order chi connectivity index (χ0) is 24.8. The number of aliphatic carboxylic acids is 1. The van der Waals surface area contributed by atoms with E-state index in [-0.39, 0.29) is 16.7 Å². The molecular formula is C24H29N5O3S2. The molecule has 1 aromatic carbocycles. The van der Waals surface area contributed by atoms with E-state index in [1.807, 2.05) is 38.4 Å². The number of thiocarbonyl (C=S) groups is 1. The van der Waals surface area contributed by atoms with Crippen molar-refractivity contribution in [1.29, 1.82) is 0 Å². The normalized spacial score (nSPS) is 16.9. The highest BCUT2D eigenvalue weighted by atomic mass is 32.2. The van der Waals surface area contributed by atoms with Gasteiger partial charge in [-0.3, -0.25) is 9.80 Å². The number of rotatable bonds is 8. The molecule has 2 amide bonds. The first kappa shape index (κ1) is 25.7. The van der Waals surface area contributed by atoms with Crippen molar-refractivity contribution in [3.8, 4) is 0 Å². The summed E-state index contributed by atoms with van der Waals surface area (Å²) < 4.78 is 0. The number of hydrogen-bond acceptors (Lipinski definition) is 6. The summed E-state index contributed by atoms with van der Waals surface area (Å²) in [4.78, 5) is 33.4. The molecule has 3 rings (SSSR count). The van der Waals surface area contributed by atoms with Crippen LogP contribution in [-0.4, -0.2) is 62.9 Å². The van der Waals surface area contributed by atoms with Crippen molar-refractivity contribution in [2.75, 3.05) is 19.8 Å². The van der Waals surface area contributed by atoms with E-state index in [0.29, 0.717) is 22.8 Å². The second-order valence-corrected chi connectivity index (χ2v) is 9.27. The molecule has 0 saturated heterocycles. The third-order valence-corrected chi connectivity index (χ3v) is 6.79. The molecule has 1 aliphatic rings. The van der Waals surface area contributed by atoms with Crippen LogP contribution < -0.4 is 10.6 Å². The number of carbonyl (C=O) groups excluding carboxylic acids is 1. The molecule has 0 fully saturated rings. The van der Waals surface area contributed by atoms with Gasteiger partial charge in [-0.2, -0.15) is 0 Å². The largest absolute Gasteiger partial charge is 0.478 e. The summed E-state index contributed by atoms with van der Waals surface area (Å²) in [5.41, 5.74) is 2.25. The first-order valence-electron chi connectivity index (χ1n) is 10.8. The minimum Gasteiger partial charge on any atom is -0.478 e. The lowest BCUT2D eigenvalue weighted by atomic mass is 9.95. The highest BCUT2D eigenvalue weighted by Gasteiger charge is 2.40. The lowest BCUT2D eigenvalue weighted by Gasteiger charge is -2.38. The molecule has 2 heterocycles. The van der Waals surface area contributed by atoms with Gasteiger partial charge < -0.3 is 15.7 Å². The Morgan fingerprint density at radius 2 is 2.00 bits per heavy atom. The van der Waals surface area contributed by atoms with E-state index in [0.717, 1.165) is 6.54 Å². The number of likely N-dealkylation sites (N-methyl/N-ethyl adjacent to an activating group) is 1. The molecule has 2 unspecified atom stereocenters. The second-order valence-electron chi connectivity index (χ2n) is 8.08. The Morgan fingerprint density at radius 1 is 1.29 bits per heavy atom. The van der Waals surface area contributed by atoms with Gasteiger partial charge in [0.15, 0.2) is 5.11 Å². The predicted octanol–water partition coefficient (Wildman–Crippen LogP) is 3.62. The summed E-state index contributed by atoms with van der Waals surface area (Å²) in [5, 5.41) is 16.6. The third kappa shape index (κ3) is 5.75. The molecule has 0 spiro atoms. The van der Waals surface area contributed by atoms with Crippen LogP contribution in [0.4, 0.5) is 4.79 Å². The first-order valence-corrected chi connectivity index (χ1v) is 12.4. The monoisotopic (exact) mass is 499 g/mol. The zero-order valence-corrected chi connectivity index (χ0v) is 21.2. The van der Waals surface area contributed by atoms with E-state index in [4.69, 9.17) is 12.2 Å². The number of carbonyl (C=O) groups is 2. The maximum absolute atomic E-state index is 13.4. The maximum Gasteiger partial charge on any atom is 0.335 e. The van der Waals surface area contributed by atoms with Crippen LogP contribution in [-0.2, 0) is 11.3 Å². The summed E-state index contributed by atoms with van der Waals surface area (Å²) in [6.45, 7) is 4.77. The van der Waals surface area contributed by atoms with Crippen molar-refractivity contribution >= 4 is 41.1 Å². The van der Waals surface area contributed by atoms with Gasteiger partial charge in [-0.25, -0.2) is 14.6 Å². The number of amides is 2. The summed E-state index contributed by atoms with van der Waals surface area (Å²) in [6.07, 6.45) is 3.50. The predicted molar refractivity (Wildman–Crippen MR) is 137 cm³/mol. The Hall–Kier alpha value is -2.95. The smallest absolute Gasteiger partial charge is 0.335 e. The van der Waals surface area contributed by atoms with Gasteiger partial charge >= 0.3 is 12.0 Å². The lowest BCUT2D eigenvalue weighted by Crippen LogP contribution is -2.55. The molecule has 0 aliphatic carbocycles. The van der Waals surface area contributed by atoms with Crippen LogP contribution in [0.25, 0.3) is 0 Å². The van der Waals surface area contributed by atoms with Crippen LogP contribution in [0.1, 0.15) is 31.0 Å². The molecule has 3 N–H and O–H groups in total. The van der Waals surface area contributed by atoms with E-state index < -0.39 is 18.0 Å². The third-order valence-electron chi connectivity index (χ3n) is 5.76. The molecule has 0 saturated carbocycles. The van der Waals surface area contributed by atoms with Crippen molar-refractivity contribution < 1.29 is 14.7 Å². The van der Waals surface area contributed by atoms with Crippen molar-refractivity contribution in [3.63, 3.8) is 0 Å². The minimum absolute atomic E-state index is 0.0327. The Bertz CT molecular complexity index is 1090. The molecule has 2 atom stereocenters. The van der Waals surface area contributed by atoms with Crippen LogP contribution in [0.15, 0.2) is 65.0 Å². The number of hydrogen-bond donors (Lipinski definition) is 3. The number of carboxylic acids is 1. The van der Waals surface area contributed by atoms with Crippen molar-refractivity contribution in [2.24, 2.45) is 0 Å². The Morgan fingerprint density at radius 3 is 2.65 bits per heavy atom. The lowest BCUT2D eigenvalue weighted by molar-refractivity contribution is -0.133. The molecule has 1 aliphatic heterocycles. The number of urea groups is 1. The van der Waals surface area contributed by atoms with E-state index in [1.54, 1.807) is 25.3 Å². The number of aromatic nitrogens is 1. The zero-order valence-electron chi connectivity index (χ0n) is 19.6. The topological polar surface area (TPSA) is 97.8 Å². The molecule has 8 nitrogen and oxygen atoms in total. The molecular weight excluding hydrogens is 470 g/mol. The Kier molecular flexibility index (Phi) is 8.65. The number of allylic oxidation sites excluding steroid dienone is 1. The summed E-state index contributed by atoms with van der Waals surface area (Å²) in [5.74, 6) is -1.12. The minimum atomic E-state index is -1.12. The molecule has 180 valence electrons. The van der Waals surface area contributed by atoms with Gasteiger partial charge in [0.25, 0.3) is 0 Å². The molecule has 0 radical (unpaired) electrons. The van der Waals surface area contributed by atoms with Crippen molar-refractivity contribution in [3.05, 3.63) is 71.1 Å². The standard InChI is InChI=1S/C24H29N5O3S2/c1-15(28(3)14-17-9-6-5-7-10-17)13-26-23(32)29-20(18-11-8-12-25-21(18)34-4)19(22(30)31)16(2)27-24(29)33/h5-12,15,20H,13-14H2,1-4H3,(H,26,32)(H,27,33)(H,30,31). The number of thioether (sulfide) groups is 1. The van der Waals surface area contributed by atoms with Crippen molar-refractivity contribution in [2.45, 2.75) is 37.5 Å².